The zero-order valence-corrected chi connectivity index (χ0v) is 27.1. The van der Waals surface area contributed by atoms with E-state index in [1.165, 1.54) is 58.4 Å². The lowest BCUT2D eigenvalue weighted by atomic mass is 9.84. The summed E-state index contributed by atoms with van der Waals surface area (Å²) in [5.41, 5.74) is 8.33. The molecule has 0 amide bonds. The third kappa shape index (κ3) is 3.88. The van der Waals surface area contributed by atoms with Crippen molar-refractivity contribution in [2.75, 3.05) is 0 Å². The fraction of sp³-hybridized carbons (Fsp3) is 0. The van der Waals surface area contributed by atoms with Gasteiger partial charge in [0, 0.05) is 41.9 Å². The van der Waals surface area contributed by atoms with Crippen LogP contribution in [0, 0.1) is 0 Å². The second-order valence-corrected chi connectivity index (χ2v) is 13.9. The van der Waals surface area contributed by atoms with Gasteiger partial charge in [-0.25, -0.2) is 0 Å². The van der Waals surface area contributed by atoms with Crippen LogP contribution < -0.4 is 0 Å². The van der Waals surface area contributed by atoms with E-state index in [0.717, 1.165) is 49.8 Å². The van der Waals surface area contributed by atoms with Gasteiger partial charge in [0.25, 0.3) is 0 Å². The smallest absolute Gasteiger partial charge is 0.178 e. The lowest BCUT2D eigenvalue weighted by Crippen LogP contribution is -1.91. The lowest BCUT2D eigenvalue weighted by molar-refractivity contribution is 0.611. The van der Waals surface area contributed by atoms with Crippen LogP contribution in [0.5, 0.6) is 0 Å². The molecule has 0 N–H and O–H groups in total. The molecule has 0 spiro atoms. The Morgan fingerprint density at radius 1 is 0.388 bits per heavy atom. The Hall–Kier alpha value is -6.16. The van der Waals surface area contributed by atoms with Crippen molar-refractivity contribution in [2.24, 2.45) is 0 Å². The third-order valence-electron chi connectivity index (χ3n) is 10.1. The molecule has 2 nitrogen and oxygen atoms in total. The molecule has 0 aliphatic rings. The standard InChI is InChI=1S/C46H26O2S/c1-2-11-27(12-3-1)39-26-29-21-23-36-44-35(18-10-19-38(44)47-46(36)45(29)48-39)43-33-16-6-4-14-31(33)42(32-15-5-7-17-34(32)43)28-22-24-41-37(25-28)30-13-8-9-20-40(30)49-41/h1-26H. The van der Waals surface area contributed by atoms with Gasteiger partial charge in [0.15, 0.2) is 11.2 Å². The summed E-state index contributed by atoms with van der Waals surface area (Å²) in [6.45, 7) is 0. The molecule has 0 saturated carbocycles. The minimum Gasteiger partial charge on any atom is -0.452 e. The van der Waals surface area contributed by atoms with Crippen molar-refractivity contribution < 1.29 is 8.83 Å². The Morgan fingerprint density at radius 2 is 1.06 bits per heavy atom. The summed E-state index contributed by atoms with van der Waals surface area (Å²) in [4.78, 5) is 0. The SMILES string of the molecule is c1ccc(-c2cc3ccc4c(oc5cccc(-c6c7ccccc7c(-c7ccc8sc9ccccc9c8c7)c7ccccc67)c54)c3o2)cc1. The Balaban J connectivity index is 1.21. The van der Waals surface area contributed by atoms with Crippen molar-refractivity contribution in [3.8, 4) is 33.6 Å². The first kappa shape index (κ1) is 26.9. The van der Waals surface area contributed by atoms with Crippen molar-refractivity contribution in [1.29, 1.82) is 0 Å². The molecule has 0 unspecified atom stereocenters. The van der Waals surface area contributed by atoms with Crippen LogP contribution in [0.3, 0.4) is 0 Å². The van der Waals surface area contributed by atoms with E-state index in [0.29, 0.717) is 0 Å². The Kier molecular flexibility index (Phi) is 5.57. The number of thiophene rings is 1. The van der Waals surface area contributed by atoms with E-state index in [4.69, 9.17) is 8.83 Å². The van der Waals surface area contributed by atoms with E-state index in [2.05, 4.69) is 140 Å². The van der Waals surface area contributed by atoms with E-state index in [1.54, 1.807) is 0 Å². The van der Waals surface area contributed by atoms with Gasteiger partial charge in [0.05, 0.1) is 0 Å². The fourth-order valence-corrected chi connectivity index (χ4v) is 9.03. The molecule has 3 heteroatoms. The highest BCUT2D eigenvalue weighted by Gasteiger charge is 2.22. The molecule has 11 rings (SSSR count). The monoisotopic (exact) mass is 642 g/mol. The second kappa shape index (κ2) is 10.2. The van der Waals surface area contributed by atoms with Crippen LogP contribution in [0.25, 0.3) is 108 Å². The van der Waals surface area contributed by atoms with Gasteiger partial charge in [0.2, 0.25) is 0 Å². The highest BCUT2D eigenvalue weighted by atomic mass is 32.1. The molecule has 228 valence electrons. The summed E-state index contributed by atoms with van der Waals surface area (Å²) in [5.74, 6) is 0.838. The number of benzene rings is 8. The maximum Gasteiger partial charge on any atom is 0.178 e. The summed E-state index contributed by atoms with van der Waals surface area (Å²) in [6, 6.07) is 56.6. The number of fused-ring (bicyclic) bond motifs is 10. The van der Waals surface area contributed by atoms with Gasteiger partial charge < -0.3 is 8.83 Å². The molecule has 0 atom stereocenters. The van der Waals surface area contributed by atoms with Crippen LogP contribution >= 0.6 is 11.3 Å². The molecule has 0 fully saturated rings. The van der Waals surface area contributed by atoms with Gasteiger partial charge in [0.1, 0.15) is 11.3 Å². The average molecular weight is 643 g/mol. The first-order chi connectivity index (χ1) is 24.3. The molecule has 0 radical (unpaired) electrons. The highest BCUT2D eigenvalue weighted by Crippen LogP contribution is 2.48. The molecular formula is C46H26O2S. The Labute approximate surface area is 285 Å². The molecule has 49 heavy (non-hydrogen) atoms. The fourth-order valence-electron chi connectivity index (χ4n) is 7.94. The van der Waals surface area contributed by atoms with Crippen LogP contribution in [0.1, 0.15) is 0 Å². The number of hydrogen-bond donors (Lipinski definition) is 0. The van der Waals surface area contributed by atoms with Crippen LogP contribution in [-0.4, -0.2) is 0 Å². The first-order valence-electron chi connectivity index (χ1n) is 16.6. The molecule has 11 aromatic rings. The van der Waals surface area contributed by atoms with E-state index in [1.807, 2.05) is 29.5 Å². The largest absolute Gasteiger partial charge is 0.452 e. The number of rotatable bonds is 3. The quantitative estimate of drug-likeness (QED) is 0.179. The Morgan fingerprint density at radius 3 is 1.84 bits per heavy atom. The molecule has 8 aromatic carbocycles. The van der Waals surface area contributed by atoms with Crippen molar-refractivity contribution in [3.05, 3.63) is 158 Å². The minimum absolute atomic E-state index is 0.778. The molecule has 0 saturated heterocycles. The van der Waals surface area contributed by atoms with Crippen molar-refractivity contribution in [2.45, 2.75) is 0 Å². The molecule has 3 heterocycles. The number of hydrogen-bond acceptors (Lipinski definition) is 3. The van der Waals surface area contributed by atoms with Gasteiger partial charge in [-0.15, -0.1) is 11.3 Å². The molecule has 3 aromatic heterocycles. The first-order valence-corrected chi connectivity index (χ1v) is 17.4. The number of furan rings is 2. The second-order valence-electron chi connectivity index (χ2n) is 12.8. The maximum atomic E-state index is 6.67. The van der Waals surface area contributed by atoms with E-state index in [9.17, 15) is 0 Å². The predicted molar refractivity (Wildman–Crippen MR) is 208 cm³/mol. The maximum absolute atomic E-state index is 6.67. The molecule has 0 aliphatic carbocycles. The van der Waals surface area contributed by atoms with Crippen molar-refractivity contribution >= 4 is 86.0 Å². The van der Waals surface area contributed by atoms with Crippen LogP contribution in [0.15, 0.2) is 167 Å². The highest BCUT2D eigenvalue weighted by molar-refractivity contribution is 7.25. The molecule has 0 aliphatic heterocycles. The third-order valence-corrected chi connectivity index (χ3v) is 11.2. The van der Waals surface area contributed by atoms with E-state index < -0.39 is 0 Å². The predicted octanol–water partition coefficient (Wildman–Crippen LogP) is 14.0. The molecule has 0 bridgehead atoms. The molecular weight excluding hydrogens is 617 g/mol. The zero-order valence-electron chi connectivity index (χ0n) is 26.2. The summed E-state index contributed by atoms with van der Waals surface area (Å²) >= 11 is 1.86. The van der Waals surface area contributed by atoms with Crippen molar-refractivity contribution in [3.63, 3.8) is 0 Å². The Bertz CT molecular complexity index is 3050. The summed E-state index contributed by atoms with van der Waals surface area (Å²) < 4.78 is 15.8. The summed E-state index contributed by atoms with van der Waals surface area (Å²) in [7, 11) is 0. The summed E-state index contributed by atoms with van der Waals surface area (Å²) in [5, 5.41) is 10.7. The minimum atomic E-state index is 0.778. The normalized spacial score (nSPS) is 12.1. The van der Waals surface area contributed by atoms with E-state index >= 15 is 0 Å². The van der Waals surface area contributed by atoms with Crippen LogP contribution in [-0.2, 0) is 0 Å². The van der Waals surface area contributed by atoms with Gasteiger partial charge >= 0.3 is 0 Å². The van der Waals surface area contributed by atoms with Crippen LogP contribution in [0.4, 0.5) is 0 Å². The van der Waals surface area contributed by atoms with Crippen molar-refractivity contribution in [1.82, 2.24) is 0 Å². The van der Waals surface area contributed by atoms with Gasteiger partial charge in [-0.05, 0) is 80.2 Å². The van der Waals surface area contributed by atoms with Gasteiger partial charge in [-0.3, -0.25) is 0 Å². The van der Waals surface area contributed by atoms with E-state index in [-0.39, 0.29) is 0 Å². The van der Waals surface area contributed by atoms with Crippen LogP contribution in [0.2, 0.25) is 0 Å². The van der Waals surface area contributed by atoms with Gasteiger partial charge in [-0.1, -0.05) is 121 Å². The lowest BCUT2D eigenvalue weighted by Gasteiger charge is -2.18. The average Bonchev–Trinajstić information content (AvgIpc) is 3.87. The topological polar surface area (TPSA) is 26.3 Å². The summed E-state index contributed by atoms with van der Waals surface area (Å²) in [6.07, 6.45) is 0. The van der Waals surface area contributed by atoms with Gasteiger partial charge in [-0.2, -0.15) is 0 Å². The zero-order chi connectivity index (χ0) is 32.1.